The van der Waals surface area contributed by atoms with E-state index in [0.29, 0.717) is 16.3 Å². The number of carbonyl (C=O) groups is 1. The Morgan fingerprint density at radius 1 is 1.03 bits per heavy atom. The third kappa shape index (κ3) is 6.84. The fraction of sp³-hybridized carbons (Fsp3) is 0.0909. The van der Waals surface area contributed by atoms with Crippen molar-refractivity contribution in [2.45, 2.75) is 11.8 Å². The number of carbonyl (C=O) groups excluding carboxylic acids is 1. The van der Waals surface area contributed by atoms with E-state index in [2.05, 4.69) is 10.5 Å². The molecule has 0 fully saturated rings. The fourth-order valence-electron chi connectivity index (χ4n) is 2.42. The lowest BCUT2D eigenvalue weighted by Crippen LogP contribution is -2.24. The van der Waals surface area contributed by atoms with Gasteiger partial charge in [0, 0.05) is 5.02 Å². The van der Waals surface area contributed by atoms with E-state index in [0.717, 1.165) is 5.56 Å². The van der Waals surface area contributed by atoms with E-state index in [1.165, 1.54) is 30.5 Å². The molecular weight excluding hydrogens is 440 g/mol. The molecule has 0 atom stereocenters. The lowest BCUT2D eigenvalue weighted by molar-refractivity contribution is -0.123. The molecule has 3 aromatic carbocycles. The highest BCUT2D eigenvalue weighted by atomic mass is 35.5. The molecule has 0 aliphatic rings. The number of nitrogens with zero attached hydrogens (tertiary/aromatic N) is 1. The molecule has 0 aromatic heterocycles. The minimum absolute atomic E-state index is 0.0603. The van der Waals surface area contributed by atoms with Gasteiger partial charge in [0.05, 0.1) is 6.21 Å². The number of rotatable bonds is 8. The second-order valence-corrected chi connectivity index (χ2v) is 8.44. The average Bonchev–Trinajstić information content (AvgIpc) is 2.74. The Hall–Kier alpha value is -3.36. The van der Waals surface area contributed by atoms with Crippen LogP contribution in [0.5, 0.6) is 11.5 Å². The summed E-state index contributed by atoms with van der Waals surface area (Å²) in [7, 11) is -3.96. The highest BCUT2D eigenvalue weighted by Crippen LogP contribution is 2.20. The van der Waals surface area contributed by atoms with Crippen molar-refractivity contribution in [1.29, 1.82) is 0 Å². The lowest BCUT2D eigenvalue weighted by Gasteiger charge is -2.08. The number of halogens is 1. The van der Waals surface area contributed by atoms with Gasteiger partial charge in [0.25, 0.3) is 5.91 Å². The van der Waals surface area contributed by atoms with Gasteiger partial charge in [-0.2, -0.15) is 13.5 Å². The predicted octanol–water partition coefficient (Wildman–Crippen LogP) is 3.95. The Morgan fingerprint density at radius 3 is 2.45 bits per heavy atom. The molecule has 1 N–H and O–H groups in total. The minimum Gasteiger partial charge on any atom is -0.484 e. The van der Waals surface area contributed by atoms with Crippen LogP contribution in [0.3, 0.4) is 0 Å². The molecule has 0 radical (unpaired) electrons. The minimum atomic E-state index is -3.96. The summed E-state index contributed by atoms with van der Waals surface area (Å²) in [6.45, 7) is 1.64. The first-order valence-electron chi connectivity index (χ1n) is 9.13. The Balaban J connectivity index is 1.55. The molecule has 1 amide bonds. The maximum Gasteiger partial charge on any atom is 0.339 e. The fourth-order valence-corrected chi connectivity index (χ4v) is 3.47. The molecule has 0 heterocycles. The van der Waals surface area contributed by atoms with Crippen LogP contribution in [0, 0.1) is 6.92 Å². The molecule has 160 valence electrons. The molecule has 3 aromatic rings. The normalized spacial score (nSPS) is 11.3. The molecular formula is C22H19ClN2O5S. The first kappa shape index (κ1) is 22.3. The Kier molecular flexibility index (Phi) is 7.28. The zero-order valence-corrected chi connectivity index (χ0v) is 18.1. The van der Waals surface area contributed by atoms with E-state index in [1.807, 2.05) is 6.92 Å². The molecule has 0 spiro atoms. The van der Waals surface area contributed by atoms with Crippen molar-refractivity contribution < 1.29 is 22.1 Å². The quantitative estimate of drug-likeness (QED) is 0.313. The smallest absolute Gasteiger partial charge is 0.339 e. The monoisotopic (exact) mass is 458 g/mol. The second-order valence-electron chi connectivity index (χ2n) is 6.46. The van der Waals surface area contributed by atoms with E-state index in [9.17, 15) is 13.2 Å². The number of ether oxygens (including phenoxy) is 1. The van der Waals surface area contributed by atoms with Crippen molar-refractivity contribution in [2.75, 3.05) is 6.61 Å². The predicted molar refractivity (Wildman–Crippen MR) is 118 cm³/mol. The maximum atomic E-state index is 12.4. The number of hydrogen-bond acceptors (Lipinski definition) is 6. The number of aryl methyl sites for hydroxylation is 1. The number of amides is 1. The van der Waals surface area contributed by atoms with Crippen molar-refractivity contribution in [3.05, 3.63) is 88.9 Å². The number of benzene rings is 3. The van der Waals surface area contributed by atoms with E-state index < -0.39 is 16.0 Å². The highest BCUT2D eigenvalue weighted by Gasteiger charge is 2.16. The van der Waals surface area contributed by atoms with Gasteiger partial charge >= 0.3 is 10.1 Å². The summed E-state index contributed by atoms with van der Waals surface area (Å²) < 4.78 is 35.3. The van der Waals surface area contributed by atoms with Crippen molar-refractivity contribution in [2.24, 2.45) is 5.10 Å². The topological polar surface area (TPSA) is 94.1 Å². The van der Waals surface area contributed by atoms with Crippen LogP contribution in [0.15, 0.2) is 82.8 Å². The molecule has 7 nitrogen and oxygen atoms in total. The molecule has 0 saturated heterocycles. The summed E-state index contributed by atoms with van der Waals surface area (Å²) in [4.78, 5) is 11.9. The third-order valence-electron chi connectivity index (χ3n) is 3.96. The first-order chi connectivity index (χ1) is 14.8. The largest absolute Gasteiger partial charge is 0.484 e. The van der Waals surface area contributed by atoms with Crippen LogP contribution in [0.2, 0.25) is 5.02 Å². The number of nitrogens with one attached hydrogen (secondary N) is 1. The average molecular weight is 459 g/mol. The van der Waals surface area contributed by atoms with E-state index in [-0.39, 0.29) is 17.3 Å². The van der Waals surface area contributed by atoms with Crippen molar-refractivity contribution in [1.82, 2.24) is 5.43 Å². The Morgan fingerprint density at radius 2 is 1.74 bits per heavy atom. The SMILES string of the molecule is Cc1ccc(S(=O)(=O)Oc2cccc(/C=N/NC(=O)COc3ccc(Cl)cc3)c2)cc1. The summed E-state index contributed by atoms with van der Waals surface area (Å²) in [5.74, 6) is 0.172. The van der Waals surface area contributed by atoms with E-state index >= 15 is 0 Å². The van der Waals surface area contributed by atoms with Crippen LogP contribution in [0.25, 0.3) is 0 Å². The molecule has 0 unspecified atom stereocenters. The molecule has 0 aliphatic heterocycles. The molecule has 31 heavy (non-hydrogen) atoms. The summed E-state index contributed by atoms with van der Waals surface area (Å²) in [6, 6.07) is 19.3. The summed E-state index contributed by atoms with van der Waals surface area (Å²) in [5.41, 5.74) is 3.81. The van der Waals surface area contributed by atoms with Gasteiger partial charge in [0.2, 0.25) is 0 Å². The first-order valence-corrected chi connectivity index (χ1v) is 10.9. The molecule has 9 heteroatoms. The van der Waals surface area contributed by atoms with Crippen LogP contribution >= 0.6 is 11.6 Å². The lowest BCUT2D eigenvalue weighted by atomic mass is 10.2. The zero-order valence-electron chi connectivity index (χ0n) is 16.5. The number of hydrogen-bond donors (Lipinski definition) is 1. The van der Waals surface area contributed by atoms with Crippen molar-refractivity contribution in [3.63, 3.8) is 0 Å². The van der Waals surface area contributed by atoms with Crippen LogP contribution in [-0.4, -0.2) is 27.1 Å². The number of hydrazone groups is 1. The third-order valence-corrected chi connectivity index (χ3v) is 5.47. The standard InChI is InChI=1S/C22H19ClN2O5S/c1-16-5-11-21(12-6-16)31(27,28)30-20-4-2-3-17(13-20)14-24-25-22(26)15-29-19-9-7-18(23)8-10-19/h2-14H,15H2,1H3,(H,25,26)/b24-14+. The van der Waals surface area contributed by atoms with E-state index in [4.69, 9.17) is 20.5 Å². The van der Waals surface area contributed by atoms with E-state index in [1.54, 1.807) is 48.5 Å². The van der Waals surface area contributed by atoms with Gasteiger partial charge in [-0.05, 0) is 61.0 Å². The van der Waals surface area contributed by atoms with Crippen molar-refractivity contribution >= 4 is 33.8 Å². The Bertz CT molecular complexity index is 1180. The van der Waals surface area contributed by atoms with Gasteiger partial charge in [-0.15, -0.1) is 0 Å². The second kappa shape index (κ2) is 10.1. The van der Waals surface area contributed by atoms with Crippen LogP contribution < -0.4 is 14.3 Å². The molecule has 0 bridgehead atoms. The highest BCUT2D eigenvalue weighted by molar-refractivity contribution is 7.87. The van der Waals surface area contributed by atoms with Gasteiger partial charge < -0.3 is 8.92 Å². The van der Waals surface area contributed by atoms with Crippen molar-refractivity contribution in [3.8, 4) is 11.5 Å². The van der Waals surface area contributed by atoms with Crippen LogP contribution in [0.4, 0.5) is 0 Å². The molecule has 3 rings (SSSR count). The molecule has 0 aliphatic carbocycles. The zero-order chi connectivity index (χ0) is 22.3. The van der Waals surface area contributed by atoms with Gasteiger partial charge in [0.1, 0.15) is 16.4 Å². The molecule has 0 saturated carbocycles. The van der Waals surface area contributed by atoms with Crippen LogP contribution in [-0.2, 0) is 14.9 Å². The van der Waals surface area contributed by atoms with Crippen LogP contribution in [0.1, 0.15) is 11.1 Å². The van der Waals surface area contributed by atoms with Gasteiger partial charge in [-0.1, -0.05) is 41.4 Å². The summed E-state index contributed by atoms with van der Waals surface area (Å²) in [6.07, 6.45) is 1.37. The van der Waals surface area contributed by atoms with Gasteiger partial charge in [-0.3, -0.25) is 4.79 Å². The Labute approximate surface area is 185 Å². The summed E-state index contributed by atoms with van der Waals surface area (Å²) >= 11 is 5.79. The summed E-state index contributed by atoms with van der Waals surface area (Å²) in [5, 5.41) is 4.41. The van der Waals surface area contributed by atoms with Gasteiger partial charge in [0.15, 0.2) is 6.61 Å². The maximum absolute atomic E-state index is 12.4. The van der Waals surface area contributed by atoms with Gasteiger partial charge in [-0.25, -0.2) is 5.43 Å².